The van der Waals surface area contributed by atoms with E-state index in [4.69, 9.17) is 11.6 Å². The number of benzene rings is 2. The van der Waals surface area contributed by atoms with Gasteiger partial charge >= 0.3 is 0 Å². The van der Waals surface area contributed by atoms with Gasteiger partial charge in [-0.2, -0.15) is 5.10 Å². The van der Waals surface area contributed by atoms with E-state index in [0.29, 0.717) is 11.1 Å². The molecule has 1 N–H and O–H groups in total. The molecule has 1 amide bonds. The number of nitrogens with one attached hydrogen (secondary N) is 1. The van der Waals surface area contributed by atoms with Gasteiger partial charge in [-0.25, -0.2) is 9.82 Å². The standard InChI is InChI=1S/C14H10ClFN2O/c15-13-8-12(16)7-6-11(13)9-17-18-14(19)10-4-2-1-3-5-10/h1-9H,(H,18,19)/b17-9+. The van der Waals surface area contributed by atoms with Gasteiger partial charge in [0.2, 0.25) is 0 Å². The van der Waals surface area contributed by atoms with E-state index in [9.17, 15) is 9.18 Å². The van der Waals surface area contributed by atoms with Crippen molar-refractivity contribution < 1.29 is 9.18 Å². The lowest BCUT2D eigenvalue weighted by atomic mass is 10.2. The Morgan fingerprint density at radius 1 is 1.21 bits per heavy atom. The second kappa shape index (κ2) is 6.11. The third kappa shape index (κ3) is 3.63. The van der Waals surface area contributed by atoms with Crippen molar-refractivity contribution in [3.63, 3.8) is 0 Å². The summed E-state index contributed by atoms with van der Waals surface area (Å²) < 4.78 is 12.8. The van der Waals surface area contributed by atoms with Crippen molar-refractivity contribution >= 4 is 23.7 Å². The first kappa shape index (κ1) is 13.2. The van der Waals surface area contributed by atoms with Crippen LogP contribution < -0.4 is 5.43 Å². The molecule has 3 nitrogen and oxygen atoms in total. The second-order valence-electron chi connectivity index (χ2n) is 3.73. The van der Waals surface area contributed by atoms with Crippen LogP contribution in [0.15, 0.2) is 53.6 Å². The molecule has 0 aromatic heterocycles. The number of hydrogen-bond acceptors (Lipinski definition) is 2. The Labute approximate surface area is 114 Å². The maximum atomic E-state index is 12.8. The van der Waals surface area contributed by atoms with E-state index in [1.54, 1.807) is 24.3 Å². The van der Waals surface area contributed by atoms with Crippen molar-refractivity contribution in [2.45, 2.75) is 0 Å². The van der Waals surface area contributed by atoms with Crippen LogP contribution in [-0.2, 0) is 0 Å². The molecule has 0 spiro atoms. The number of carbonyl (C=O) groups is 1. The highest BCUT2D eigenvalue weighted by Gasteiger charge is 2.02. The molecule has 2 aromatic carbocycles. The Hall–Kier alpha value is -2.20. The van der Waals surface area contributed by atoms with E-state index in [1.807, 2.05) is 6.07 Å². The van der Waals surface area contributed by atoms with Crippen molar-refractivity contribution in [2.75, 3.05) is 0 Å². The number of rotatable bonds is 3. The van der Waals surface area contributed by atoms with Gasteiger partial charge in [0.15, 0.2) is 0 Å². The van der Waals surface area contributed by atoms with Gasteiger partial charge in [0.05, 0.1) is 11.2 Å². The Morgan fingerprint density at radius 3 is 2.63 bits per heavy atom. The molecule has 0 heterocycles. The van der Waals surface area contributed by atoms with Crippen molar-refractivity contribution in [3.05, 3.63) is 70.5 Å². The maximum absolute atomic E-state index is 12.8. The van der Waals surface area contributed by atoms with Gasteiger partial charge in [-0.3, -0.25) is 4.79 Å². The van der Waals surface area contributed by atoms with Crippen LogP contribution in [-0.4, -0.2) is 12.1 Å². The normalized spacial score (nSPS) is 10.6. The minimum atomic E-state index is -0.421. The molecular weight excluding hydrogens is 267 g/mol. The summed E-state index contributed by atoms with van der Waals surface area (Å²) in [5.74, 6) is -0.745. The van der Waals surface area contributed by atoms with Gasteiger partial charge in [-0.15, -0.1) is 0 Å². The highest BCUT2D eigenvalue weighted by Crippen LogP contribution is 2.14. The summed E-state index contributed by atoms with van der Waals surface area (Å²) in [6.45, 7) is 0. The van der Waals surface area contributed by atoms with Crippen molar-refractivity contribution in [3.8, 4) is 0 Å². The first-order valence-corrected chi connectivity index (χ1v) is 5.88. The van der Waals surface area contributed by atoms with Gasteiger partial charge in [0, 0.05) is 11.1 Å². The Balaban J connectivity index is 2.02. The lowest BCUT2D eigenvalue weighted by Crippen LogP contribution is -2.17. The zero-order valence-electron chi connectivity index (χ0n) is 9.81. The van der Waals surface area contributed by atoms with E-state index >= 15 is 0 Å². The summed E-state index contributed by atoms with van der Waals surface area (Å²) in [4.78, 5) is 11.7. The van der Waals surface area contributed by atoms with Gasteiger partial charge in [0.25, 0.3) is 5.91 Å². The number of hydrazone groups is 1. The first-order valence-electron chi connectivity index (χ1n) is 5.50. The molecule has 19 heavy (non-hydrogen) atoms. The van der Waals surface area contributed by atoms with Gasteiger partial charge in [-0.1, -0.05) is 29.8 Å². The summed E-state index contributed by atoms with van der Waals surface area (Å²) in [5.41, 5.74) is 3.40. The van der Waals surface area contributed by atoms with Gasteiger partial charge in [0.1, 0.15) is 5.82 Å². The fourth-order valence-corrected chi connectivity index (χ4v) is 1.64. The quantitative estimate of drug-likeness (QED) is 0.679. The molecule has 0 unspecified atom stereocenters. The van der Waals surface area contributed by atoms with Gasteiger partial charge < -0.3 is 0 Å². The molecule has 0 aliphatic carbocycles. The van der Waals surface area contributed by atoms with Crippen LogP contribution in [0.5, 0.6) is 0 Å². The molecule has 0 fully saturated rings. The molecule has 0 atom stereocenters. The summed E-state index contributed by atoms with van der Waals surface area (Å²) in [5, 5.41) is 4.01. The van der Waals surface area contributed by atoms with E-state index < -0.39 is 5.82 Å². The number of nitrogens with zero attached hydrogens (tertiary/aromatic N) is 1. The summed E-state index contributed by atoms with van der Waals surface area (Å²) in [6.07, 6.45) is 1.36. The van der Waals surface area contributed by atoms with E-state index in [2.05, 4.69) is 10.5 Å². The zero-order valence-corrected chi connectivity index (χ0v) is 10.6. The average molecular weight is 277 g/mol. The number of amides is 1. The molecule has 2 aromatic rings. The fraction of sp³-hybridized carbons (Fsp3) is 0. The van der Waals surface area contributed by atoms with Crippen molar-refractivity contribution in [2.24, 2.45) is 5.10 Å². The van der Waals surface area contributed by atoms with E-state index in [0.717, 1.165) is 0 Å². The highest BCUT2D eigenvalue weighted by atomic mass is 35.5. The minimum absolute atomic E-state index is 0.234. The lowest BCUT2D eigenvalue weighted by Gasteiger charge is -2.00. The predicted octanol–water partition coefficient (Wildman–Crippen LogP) is 3.24. The van der Waals surface area contributed by atoms with Crippen molar-refractivity contribution in [1.29, 1.82) is 0 Å². The van der Waals surface area contributed by atoms with Crippen LogP contribution in [0, 0.1) is 5.82 Å². The largest absolute Gasteiger partial charge is 0.271 e. The zero-order chi connectivity index (χ0) is 13.7. The average Bonchev–Trinajstić information content (AvgIpc) is 2.42. The number of halogens is 2. The molecule has 0 saturated carbocycles. The van der Waals surface area contributed by atoms with Crippen LogP contribution in [0.3, 0.4) is 0 Å². The minimum Gasteiger partial charge on any atom is -0.267 e. The van der Waals surface area contributed by atoms with E-state index in [-0.39, 0.29) is 10.9 Å². The molecule has 0 saturated heterocycles. The monoisotopic (exact) mass is 276 g/mol. The molecule has 0 aliphatic heterocycles. The third-order valence-electron chi connectivity index (χ3n) is 2.37. The van der Waals surface area contributed by atoms with Crippen LogP contribution >= 0.6 is 11.6 Å². The number of hydrogen-bond donors (Lipinski definition) is 1. The first-order chi connectivity index (χ1) is 9.16. The predicted molar refractivity (Wildman–Crippen MR) is 72.9 cm³/mol. The van der Waals surface area contributed by atoms with Crippen LogP contribution in [0.4, 0.5) is 4.39 Å². The molecule has 96 valence electrons. The highest BCUT2D eigenvalue weighted by molar-refractivity contribution is 6.33. The van der Waals surface area contributed by atoms with Crippen LogP contribution in [0.1, 0.15) is 15.9 Å². The molecule has 2 rings (SSSR count). The molecular formula is C14H10ClFN2O. The van der Waals surface area contributed by atoms with Crippen LogP contribution in [0.2, 0.25) is 5.02 Å². The Kier molecular flexibility index (Phi) is 4.26. The second-order valence-corrected chi connectivity index (χ2v) is 4.14. The maximum Gasteiger partial charge on any atom is 0.271 e. The molecule has 0 bridgehead atoms. The Bertz CT molecular complexity index is 614. The molecule has 5 heteroatoms. The van der Waals surface area contributed by atoms with Gasteiger partial charge in [-0.05, 0) is 30.3 Å². The SMILES string of the molecule is O=C(N/N=C/c1ccc(F)cc1Cl)c1ccccc1. The fourth-order valence-electron chi connectivity index (χ4n) is 1.42. The summed E-state index contributed by atoms with van der Waals surface area (Å²) >= 11 is 5.82. The van der Waals surface area contributed by atoms with Crippen LogP contribution in [0.25, 0.3) is 0 Å². The topological polar surface area (TPSA) is 41.5 Å². The smallest absolute Gasteiger partial charge is 0.267 e. The van der Waals surface area contributed by atoms with E-state index in [1.165, 1.54) is 24.4 Å². The Morgan fingerprint density at radius 2 is 1.95 bits per heavy atom. The van der Waals surface area contributed by atoms with Crippen molar-refractivity contribution in [1.82, 2.24) is 5.43 Å². The lowest BCUT2D eigenvalue weighted by molar-refractivity contribution is 0.0955. The molecule has 0 radical (unpaired) electrons. The third-order valence-corrected chi connectivity index (χ3v) is 2.70. The summed E-state index contributed by atoms with van der Waals surface area (Å²) in [6, 6.07) is 12.6. The summed E-state index contributed by atoms with van der Waals surface area (Å²) in [7, 11) is 0. The number of carbonyl (C=O) groups excluding carboxylic acids is 1. The molecule has 0 aliphatic rings.